The molecule has 0 radical (unpaired) electrons. The number of carbonyl (C=O) groups is 1. The maximum atomic E-state index is 12.8. The molecule has 2 aromatic carbocycles. The SMILES string of the molecule is O=C(N[C@H](CCCO)c1ccccc1)[C@@H]1OCCc2ccccc21. The predicted octanol–water partition coefficient (Wildman–Crippen LogP) is 2.93. The normalized spacial score (nSPS) is 17.8. The fourth-order valence-electron chi connectivity index (χ4n) is 3.16. The van der Waals surface area contributed by atoms with Crippen LogP contribution in [0.5, 0.6) is 0 Å². The summed E-state index contributed by atoms with van der Waals surface area (Å²) in [6, 6.07) is 17.7. The maximum absolute atomic E-state index is 12.8. The first-order valence-corrected chi connectivity index (χ1v) is 8.45. The zero-order chi connectivity index (χ0) is 16.8. The summed E-state index contributed by atoms with van der Waals surface area (Å²) in [6.07, 6.45) is 1.62. The molecule has 0 bridgehead atoms. The summed E-state index contributed by atoms with van der Waals surface area (Å²) in [5.41, 5.74) is 3.18. The van der Waals surface area contributed by atoms with E-state index < -0.39 is 6.10 Å². The quantitative estimate of drug-likeness (QED) is 0.858. The number of rotatable bonds is 6. The Labute approximate surface area is 142 Å². The molecule has 0 aliphatic carbocycles. The van der Waals surface area contributed by atoms with Crippen LogP contribution in [-0.4, -0.2) is 24.2 Å². The van der Waals surface area contributed by atoms with Crippen molar-refractivity contribution < 1.29 is 14.6 Å². The summed E-state index contributed by atoms with van der Waals surface area (Å²) < 4.78 is 5.75. The first kappa shape index (κ1) is 16.7. The van der Waals surface area contributed by atoms with Crippen molar-refractivity contribution in [2.45, 2.75) is 31.4 Å². The zero-order valence-electron chi connectivity index (χ0n) is 13.7. The summed E-state index contributed by atoms with van der Waals surface area (Å²) in [5, 5.41) is 12.2. The van der Waals surface area contributed by atoms with Crippen molar-refractivity contribution in [2.75, 3.05) is 13.2 Å². The van der Waals surface area contributed by atoms with Crippen LogP contribution in [0.4, 0.5) is 0 Å². The lowest BCUT2D eigenvalue weighted by Gasteiger charge is -2.27. The van der Waals surface area contributed by atoms with Crippen LogP contribution in [-0.2, 0) is 16.0 Å². The lowest BCUT2D eigenvalue weighted by molar-refractivity contribution is -0.135. The number of ether oxygens (including phenoxy) is 1. The van der Waals surface area contributed by atoms with Gasteiger partial charge in [-0.25, -0.2) is 0 Å². The monoisotopic (exact) mass is 325 g/mol. The lowest BCUT2D eigenvalue weighted by Crippen LogP contribution is -2.36. The largest absolute Gasteiger partial charge is 0.396 e. The molecule has 1 aliphatic rings. The van der Waals surface area contributed by atoms with Gasteiger partial charge in [-0.05, 0) is 36.0 Å². The van der Waals surface area contributed by atoms with Gasteiger partial charge in [0.1, 0.15) is 0 Å². The molecule has 4 nitrogen and oxygen atoms in total. The summed E-state index contributed by atoms with van der Waals surface area (Å²) in [6.45, 7) is 0.670. The predicted molar refractivity (Wildman–Crippen MR) is 92.5 cm³/mol. The highest BCUT2D eigenvalue weighted by atomic mass is 16.5. The van der Waals surface area contributed by atoms with E-state index in [0.29, 0.717) is 19.4 Å². The number of amides is 1. The fraction of sp³-hybridized carbons (Fsp3) is 0.350. The highest BCUT2D eigenvalue weighted by Crippen LogP contribution is 2.28. The van der Waals surface area contributed by atoms with Crippen molar-refractivity contribution in [3.05, 3.63) is 71.3 Å². The Kier molecular flexibility index (Phi) is 5.62. The molecule has 126 valence electrons. The van der Waals surface area contributed by atoms with Crippen molar-refractivity contribution in [1.82, 2.24) is 5.32 Å². The second-order valence-electron chi connectivity index (χ2n) is 6.04. The summed E-state index contributed by atoms with van der Waals surface area (Å²) in [4.78, 5) is 12.8. The molecular weight excluding hydrogens is 302 g/mol. The van der Waals surface area contributed by atoms with Crippen LogP contribution in [0, 0.1) is 0 Å². The molecule has 1 heterocycles. The van der Waals surface area contributed by atoms with E-state index in [1.54, 1.807) is 0 Å². The molecule has 0 saturated heterocycles. The Balaban J connectivity index is 1.76. The van der Waals surface area contributed by atoms with Gasteiger partial charge in [-0.1, -0.05) is 54.6 Å². The third kappa shape index (κ3) is 3.83. The van der Waals surface area contributed by atoms with Gasteiger partial charge in [0.15, 0.2) is 6.10 Å². The number of aliphatic hydroxyl groups excluding tert-OH is 1. The van der Waals surface area contributed by atoms with Crippen molar-refractivity contribution in [3.63, 3.8) is 0 Å². The number of benzene rings is 2. The van der Waals surface area contributed by atoms with Crippen LogP contribution in [0.3, 0.4) is 0 Å². The molecule has 0 spiro atoms. The molecule has 1 amide bonds. The third-order valence-electron chi connectivity index (χ3n) is 4.40. The van der Waals surface area contributed by atoms with E-state index >= 15 is 0 Å². The second-order valence-corrected chi connectivity index (χ2v) is 6.04. The average Bonchev–Trinajstić information content (AvgIpc) is 2.65. The molecule has 1 aliphatic heterocycles. The van der Waals surface area contributed by atoms with Crippen LogP contribution >= 0.6 is 0 Å². The van der Waals surface area contributed by atoms with Gasteiger partial charge in [0.2, 0.25) is 0 Å². The lowest BCUT2D eigenvalue weighted by atomic mass is 9.96. The van der Waals surface area contributed by atoms with Crippen LogP contribution in [0.25, 0.3) is 0 Å². The first-order valence-electron chi connectivity index (χ1n) is 8.45. The molecule has 0 fully saturated rings. The average molecular weight is 325 g/mol. The molecule has 2 aromatic rings. The molecule has 0 saturated carbocycles. The molecule has 0 unspecified atom stereocenters. The molecule has 4 heteroatoms. The Hall–Kier alpha value is -2.17. The van der Waals surface area contributed by atoms with Gasteiger partial charge in [-0.2, -0.15) is 0 Å². The van der Waals surface area contributed by atoms with E-state index in [1.807, 2.05) is 48.5 Å². The van der Waals surface area contributed by atoms with Crippen molar-refractivity contribution in [2.24, 2.45) is 0 Å². The number of fused-ring (bicyclic) bond motifs is 1. The molecule has 3 rings (SSSR count). The van der Waals surface area contributed by atoms with Crippen molar-refractivity contribution in [1.29, 1.82) is 0 Å². The smallest absolute Gasteiger partial charge is 0.254 e. The molecule has 24 heavy (non-hydrogen) atoms. The molecule has 2 N–H and O–H groups in total. The minimum atomic E-state index is -0.560. The molecule has 2 atom stereocenters. The van der Waals surface area contributed by atoms with Crippen molar-refractivity contribution in [3.8, 4) is 0 Å². The van der Waals surface area contributed by atoms with Gasteiger partial charge >= 0.3 is 0 Å². The van der Waals surface area contributed by atoms with Crippen molar-refractivity contribution >= 4 is 5.91 Å². The number of aliphatic hydroxyl groups is 1. The van der Waals surface area contributed by atoms with Gasteiger partial charge < -0.3 is 15.2 Å². The van der Waals surface area contributed by atoms with Gasteiger partial charge in [-0.3, -0.25) is 4.79 Å². The van der Waals surface area contributed by atoms with E-state index in [2.05, 4.69) is 11.4 Å². The highest BCUT2D eigenvalue weighted by Gasteiger charge is 2.28. The minimum Gasteiger partial charge on any atom is -0.396 e. The topological polar surface area (TPSA) is 58.6 Å². The van der Waals surface area contributed by atoms with E-state index in [4.69, 9.17) is 9.84 Å². The Morgan fingerprint density at radius 1 is 1.17 bits per heavy atom. The Bertz CT molecular complexity index is 672. The van der Waals surface area contributed by atoms with Gasteiger partial charge in [-0.15, -0.1) is 0 Å². The number of hydrogen-bond acceptors (Lipinski definition) is 3. The van der Waals surface area contributed by atoms with E-state index in [1.165, 1.54) is 5.56 Å². The minimum absolute atomic E-state index is 0.113. The third-order valence-corrected chi connectivity index (χ3v) is 4.40. The summed E-state index contributed by atoms with van der Waals surface area (Å²) in [7, 11) is 0. The van der Waals surface area contributed by atoms with Crippen LogP contribution < -0.4 is 5.32 Å². The summed E-state index contributed by atoms with van der Waals surface area (Å²) >= 11 is 0. The van der Waals surface area contributed by atoms with E-state index in [0.717, 1.165) is 17.5 Å². The van der Waals surface area contributed by atoms with Crippen LogP contribution in [0.15, 0.2) is 54.6 Å². The van der Waals surface area contributed by atoms with Crippen LogP contribution in [0.1, 0.15) is 41.7 Å². The van der Waals surface area contributed by atoms with E-state index in [-0.39, 0.29) is 18.6 Å². The van der Waals surface area contributed by atoms with Crippen LogP contribution in [0.2, 0.25) is 0 Å². The zero-order valence-corrected chi connectivity index (χ0v) is 13.7. The first-order chi connectivity index (χ1) is 11.8. The number of nitrogens with one attached hydrogen (secondary N) is 1. The van der Waals surface area contributed by atoms with E-state index in [9.17, 15) is 4.79 Å². The van der Waals surface area contributed by atoms with Gasteiger partial charge in [0, 0.05) is 6.61 Å². The number of carbonyl (C=O) groups excluding carboxylic acids is 1. The standard InChI is InChI=1S/C20H23NO3/c22-13-6-11-18(16-8-2-1-3-9-16)21-20(23)19-17-10-5-4-7-15(17)12-14-24-19/h1-5,7-10,18-19,22H,6,11-14H2,(H,21,23)/t18-,19-/m1/s1. The second kappa shape index (κ2) is 8.08. The Morgan fingerprint density at radius 2 is 1.92 bits per heavy atom. The molecule has 0 aromatic heterocycles. The summed E-state index contributed by atoms with van der Waals surface area (Å²) in [5.74, 6) is -0.117. The number of hydrogen-bond donors (Lipinski definition) is 2. The fourth-order valence-corrected chi connectivity index (χ4v) is 3.16. The van der Waals surface area contributed by atoms with Gasteiger partial charge in [0.25, 0.3) is 5.91 Å². The highest BCUT2D eigenvalue weighted by molar-refractivity contribution is 5.83. The van der Waals surface area contributed by atoms with Gasteiger partial charge in [0.05, 0.1) is 12.6 Å². The Morgan fingerprint density at radius 3 is 2.71 bits per heavy atom. The maximum Gasteiger partial charge on any atom is 0.254 e. The molecular formula is C20H23NO3.